The predicted molar refractivity (Wildman–Crippen MR) is 65.9 cm³/mol. The van der Waals surface area contributed by atoms with E-state index in [4.69, 9.17) is 10.5 Å². The van der Waals surface area contributed by atoms with Gasteiger partial charge in [0.2, 0.25) is 0 Å². The molecule has 0 bridgehead atoms. The van der Waals surface area contributed by atoms with Crippen LogP contribution in [0.5, 0.6) is 5.75 Å². The quantitative estimate of drug-likeness (QED) is 0.766. The van der Waals surface area contributed by atoms with Gasteiger partial charge in [0.15, 0.2) is 6.61 Å². The summed E-state index contributed by atoms with van der Waals surface area (Å²) >= 11 is 0. The maximum Gasteiger partial charge on any atom is 0.258 e. The Labute approximate surface area is 101 Å². The maximum atomic E-state index is 11.4. The lowest BCUT2D eigenvalue weighted by molar-refractivity contribution is -0.123. The van der Waals surface area contributed by atoms with Gasteiger partial charge in [0.25, 0.3) is 5.91 Å². The lowest BCUT2D eigenvalue weighted by Crippen LogP contribution is -2.30. The van der Waals surface area contributed by atoms with Gasteiger partial charge in [0.05, 0.1) is 0 Å². The van der Waals surface area contributed by atoms with Gasteiger partial charge in [-0.3, -0.25) is 4.79 Å². The molecular formula is C13H18N2O2. The number of benzene rings is 1. The normalized spacial score (nSPS) is 14.4. The highest BCUT2D eigenvalue weighted by atomic mass is 16.5. The van der Waals surface area contributed by atoms with Crippen molar-refractivity contribution < 1.29 is 9.53 Å². The molecule has 0 aliphatic heterocycles. The van der Waals surface area contributed by atoms with Gasteiger partial charge in [-0.2, -0.15) is 0 Å². The van der Waals surface area contributed by atoms with Crippen LogP contribution < -0.4 is 15.8 Å². The van der Waals surface area contributed by atoms with Crippen LogP contribution in [0.1, 0.15) is 18.4 Å². The van der Waals surface area contributed by atoms with Gasteiger partial charge in [-0.05, 0) is 43.5 Å². The molecule has 0 saturated heterocycles. The van der Waals surface area contributed by atoms with E-state index in [0.717, 1.165) is 25.0 Å². The van der Waals surface area contributed by atoms with Gasteiger partial charge in [0, 0.05) is 6.04 Å². The Hall–Kier alpha value is -1.55. The van der Waals surface area contributed by atoms with E-state index in [1.165, 1.54) is 5.56 Å². The summed E-state index contributed by atoms with van der Waals surface area (Å²) in [6, 6.07) is 8.07. The first kappa shape index (κ1) is 11.9. The molecule has 4 heteroatoms. The van der Waals surface area contributed by atoms with E-state index < -0.39 is 0 Å². The van der Waals surface area contributed by atoms with Crippen molar-refractivity contribution in [2.24, 2.45) is 5.73 Å². The molecule has 0 spiro atoms. The highest BCUT2D eigenvalue weighted by molar-refractivity contribution is 5.78. The van der Waals surface area contributed by atoms with Gasteiger partial charge in [-0.25, -0.2) is 0 Å². The minimum Gasteiger partial charge on any atom is -0.484 e. The average Bonchev–Trinajstić information content (AvgIpc) is 3.12. The lowest BCUT2D eigenvalue weighted by atomic mass is 10.1. The van der Waals surface area contributed by atoms with E-state index in [1.54, 1.807) is 0 Å². The number of hydrogen-bond acceptors (Lipinski definition) is 3. The molecule has 0 unspecified atom stereocenters. The van der Waals surface area contributed by atoms with Gasteiger partial charge >= 0.3 is 0 Å². The number of hydrogen-bond donors (Lipinski definition) is 2. The van der Waals surface area contributed by atoms with Crippen LogP contribution in [0.3, 0.4) is 0 Å². The van der Waals surface area contributed by atoms with Crippen LogP contribution in [0, 0.1) is 0 Å². The number of rotatable bonds is 6. The molecule has 0 aromatic heterocycles. The molecule has 1 aromatic carbocycles. The topological polar surface area (TPSA) is 64.3 Å². The highest BCUT2D eigenvalue weighted by Crippen LogP contribution is 2.18. The predicted octanol–water partition coefficient (Wildman–Crippen LogP) is 0.845. The molecule has 2 rings (SSSR count). The third kappa shape index (κ3) is 4.07. The van der Waals surface area contributed by atoms with Gasteiger partial charge in [-0.1, -0.05) is 12.1 Å². The van der Waals surface area contributed by atoms with Crippen molar-refractivity contribution in [2.45, 2.75) is 25.3 Å². The molecule has 3 N–H and O–H groups in total. The van der Waals surface area contributed by atoms with Crippen molar-refractivity contribution in [1.29, 1.82) is 0 Å². The molecule has 0 atom stereocenters. The molecular weight excluding hydrogens is 216 g/mol. The summed E-state index contributed by atoms with van der Waals surface area (Å²) in [6.07, 6.45) is 3.06. The average molecular weight is 234 g/mol. The molecule has 1 saturated carbocycles. The zero-order valence-corrected chi connectivity index (χ0v) is 9.82. The molecule has 1 aromatic rings. The fraction of sp³-hybridized carbons (Fsp3) is 0.462. The van der Waals surface area contributed by atoms with Crippen molar-refractivity contribution in [3.8, 4) is 5.75 Å². The van der Waals surface area contributed by atoms with E-state index in [2.05, 4.69) is 5.32 Å². The standard InChI is InChI=1S/C13H18N2O2/c14-8-7-10-1-5-12(6-2-10)17-9-13(16)15-11-3-4-11/h1-2,5-6,11H,3-4,7-9,14H2,(H,15,16). The molecule has 1 amide bonds. The fourth-order valence-electron chi connectivity index (χ4n) is 1.56. The molecule has 1 fully saturated rings. The van der Waals surface area contributed by atoms with Crippen molar-refractivity contribution >= 4 is 5.91 Å². The minimum atomic E-state index is -0.0430. The zero-order chi connectivity index (χ0) is 12.1. The molecule has 17 heavy (non-hydrogen) atoms. The van der Waals surface area contributed by atoms with Crippen LogP contribution in [0.4, 0.5) is 0 Å². The second-order valence-electron chi connectivity index (χ2n) is 4.31. The van der Waals surface area contributed by atoms with Gasteiger partial charge in [-0.15, -0.1) is 0 Å². The van der Waals surface area contributed by atoms with Crippen LogP contribution in [-0.4, -0.2) is 25.1 Å². The van der Waals surface area contributed by atoms with E-state index >= 15 is 0 Å². The molecule has 4 nitrogen and oxygen atoms in total. The Morgan fingerprint density at radius 2 is 2.06 bits per heavy atom. The first-order chi connectivity index (χ1) is 8.28. The Bertz CT molecular complexity index is 372. The van der Waals surface area contributed by atoms with Crippen LogP contribution in [0.25, 0.3) is 0 Å². The largest absolute Gasteiger partial charge is 0.484 e. The van der Waals surface area contributed by atoms with Gasteiger partial charge in [0.1, 0.15) is 5.75 Å². The maximum absolute atomic E-state index is 11.4. The lowest BCUT2D eigenvalue weighted by Gasteiger charge is -2.07. The van der Waals surface area contributed by atoms with E-state index in [0.29, 0.717) is 12.6 Å². The molecule has 1 aliphatic rings. The monoisotopic (exact) mass is 234 g/mol. The van der Waals surface area contributed by atoms with Crippen molar-refractivity contribution in [3.05, 3.63) is 29.8 Å². The second-order valence-corrected chi connectivity index (χ2v) is 4.31. The Balaban J connectivity index is 1.75. The summed E-state index contributed by atoms with van der Waals surface area (Å²) < 4.78 is 5.39. The minimum absolute atomic E-state index is 0.0430. The van der Waals surface area contributed by atoms with Crippen molar-refractivity contribution in [3.63, 3.8) is 0 Å². The summed E-state index contributed by atoms with van der Waals surface area (Å²) in [6.45, 7) is 0.733. The van der Waals surface area contributed by atoms with E-state index in [1.807, 2.05) is 24.3 Å². The summed E-state index contributed by atoms with van der Waals surface area (Å²) in [7, 11) is 0. The molecule has 0 heterocycles. The Morgan fingerprint density at radius 1 is 1.35 bits per heavy atom. The van der Waals surface area contributed by atoms with Crippen LogP contribution in [0.15, 0.2) is 24.3 Å². The molecule has 0 radical (unpaired) electrons. The summed E-state index contributed by atoms with van der Waals surface area (Å²) in [4.78, 5) is 11.4. The number of nitrogens with one attached hydrogen (secondary N) is 1. The number of nitrogens with two attached hydrogens (primary N) is 1. The first-order valence-electron chi connectivity index (χ1n) is 5.99. The van der Waals surface area contributed by atoms with Crippen molar-refractivity contribution in [2.75, 3.05) is 13.2 Å². The zero-order valence-electron chi connectivity index (χ0n) is 9.82. The number of amides is 1. The van der Waals surface area contributed by atoms with Crippen LogP contribution in [0.2, 0.25) is 0 Å². The SMILES string of the molecule is NCCc1ccc(OCC(=O)NC2CC2)cc1. The van der Waals surface area contributed by atoms with Gasteiger partial charge < -0.3 is 15.8 Å². The number of carbonyl (C=O) groups is 1. The van der Waals surface area contributed by atoms with E-state index in [-0.39, 0.29) is 12.5 Å². The highest BCUT2D eigenvalue weighted by Gasteiger charge is 2.23. The molecule has 92 valence electrons. The summed E-state index contributed by atoms with van der Waals surface area (Å²) in [5.74, 6) is 0.676. The number of carbonyl (C=O) groups excluding carboxylic acids is 1. The van der Waals surface area contributed by atoms with Crippen LogP contribution in [-0.2, 0) is 11.2 Å². The fourth-order valence-corrected chi connectivity index (χ4v) is 1.56. The first-order valence-corrected chi connectivity index (χ1v) is 5.99. The summed E-state index contributed by atoms with van der Waals surface area (Å²) in [5.41, 5.74) is 6.65. The molecule has 1 aliphatic carbocycles. The summed E-state index contributed by atoms with van der Waals surface area (Å²) in [5, 5.41) is 2.88. The van der Waals surface area contributed by atoms with Crippen LogP contribution >= 0.6 is 0 Å². The Morgan fingerprint density at radius 3 is 2.65 bits per heavy atom. The third-order valence-electron chi connectivity index (χ3n) is 2.67. The Kier molecular flexibility index (Phi) is 3.98. The van der Waals surface area contributed by atoms with E-state index in [9.17, 15) is 4.79 Å². The number of ether oxygens (including phenoxy) is 1. The third-order valence-corrected chi connectivity index (χ3v) is 2.67. The smallest absolute Gasteiger partial charge is 0.258 e. The second kappa shape index (κ2) is 5.68. The van der Waals surface area contributed by atoms with Crippen molar-refractivity contribution in [1.82, 2.24) is 5.32 Å².